The van der Waals surface area contributed by atoms with Gasteiger partial charge >= 0.3 is 0 Å². The van der Waals surface area contributed by atoms with E-state index in [1.165, 1.54) is 12.1 Å². The number of carbonyl (C=O) groups is 2. The largest absolute Gasteiger partial charge is 0.497 e. The summed E-state index contributed by atoms with van der Waals surface area (Å²) in [5, 5.41) is 2.98. The first-order chi connectivity index (χ1) is 15.9. The number of methoxy groups -OCH3 is 1. The van der Waals surface area contributed by atoms with E-state index in [2.05, 4.69) is 5.32 Å². The molecule has 0 radical (unpaired) electrons. The molecule has 0 fully saturated rings. The van der Waals surface area contributed by atoms with Crippen molar-refractivity contribution in [3.05, 3.63) is 59.9 Å². The van der Waals surface area contributed by atoms with Gasteiger partial charge in [0, 0.05) is 19.0 Å². The number of ether oxygens (including phenoxy) is 2. The van der Waals surface area contributed by atoms with Crippen molar-refractivity contribution in [3.8, 4) is 11.5 Å². The normalized spacial score (nSPS) is 12.5. The summed E-state index contributed by atoms with van der Waals surface area (Å²) < 4.78 is 24.2. The van der Waals surface area contributed by atoms with Gasteiger partial charge in [0.2, 0.25) is 11.8 Å². The summed E-state index contributed by atoms with van der Waals surface area (Å²) in [6, 6.07) is 12.7. The van der Waals surface area contributed by atoms with Crippen LogP contribution in [0.4, 0.5) is 4.39 Å². The Hall–Kier alpha value is -3.09. The molecule has 1 N–H and O–H groups in total. The summed E-state index contributed by atoms with van der Waals surface area (Å²) in [6.45, 7) is 6.44. The monoisotopic (exact) mass is 458 g/mol. The minimum absolute atomic E-state index is 0.0206. The highest BCUT2D eigenvalue weighted by Gasteiger charge is 2.28. The van der Waals surface area contributed by atoms with Gasteiger partial charge in [0.1, 0.15) is 23.4 Å². The summed E-state index contributed by atoms with van der Waals surface area (Å²) >= 11 is 0. The second-order valence-electron chi connectivity index (χ2n) is 8.02. The van der Waals surface area contributed by atoms with Crippen LogP contribution in [-0.4, -0.2) is 42.5 Å². The molecule has 6 nitrogen and oxygen atoms in total. The quantitative estimate of drug-likeness (QED) is 0.441. The van der Waals surface area contributed by atoms with Crippen LogP contribution >= 0.6 is 0 Å². The lowest BCUT2D eigenvalue weighted by atomic mass is 10.1. The van der Waals surface area contributed by atoms with E-state index in [9.17, 15) is 14.0 Å². The molecular weight excluding hydrogens is 423 g/mol. The molecule has 7 heteroatoms. The first kappa shape index (κ1) is 26.2. The van der Waals surface area contributed by atoms with E-state index in [0.717, 1.165) is 17.7 Å². The Morgan fingerprint density at radius 1 is 1.00 bits per heavy atom. The average Bonchev–Trinajstić information content (AvgIpc) is 2.83. The van der Waals surface area contributed by atoms with Gasteiger partial charge in [-0.15, -0.1) is 0 Å². The van der Waals surface area contributed by atoms with Gasteiger partial charge in [-0.05, 0) is 68.1 Å². The number of halogens is 1. The highest BCUT2D eigenvalue weighted by Crippen LogP contribution is 2.18. The Morgan fingerprint density at radius 2 is 1.64 bits per heavy atom. The van der Waals surface area contributed by atoms with E-state index in [1.807, 2.05) is 45.0 Å². The third-order valence-electron chi connectivity index (χ3n) is 5.52. The highest BCUT2D eigenvalue weighted by atomic mass is 19.1. The van der Waals surface area contributed by atoms with Gasteiger partial charge in [-0.1, -0.05) is 26.0 Å². The third-order valence-corrected chi connectivity index (χ3v) is 5.52. The molecule has 0 heterocycles. The van der Waals surface area contributed by atoms with E-state index in [1.54, 1.807) is 24.1 Å². The molecule has 0 aliphatic rings. The molecule has 2 amide bonds. The smallest absolute Gasteiger partial charge is 0.243 e. The van der Waals surface area contributed by atoms with Gasteiger partial charge in [0.15, 0.2) is 0 Å². The third kappa shape index (κ3) is 8.40. The van der Waals surface area contributed by atoms with Crippen LogP contribution in [0.3, 0.4) is 0 Å². The summed E-state index contributed by atoms with van der Waals surface area (Å²) in [7, 11) is 1.60. The lowest BCUT2D eigenvalue weighted by Gasteiger charge is -2.31. The van der Waals surface area contributed by atoms with Crippen molar-refractivity contribution in [2.75, 3.05) is 13.7 Å². The van der Waals surface area contributed by atoms with E-state index < -0.39 is 6.04 Å². The lowest BCUT2D eigenvalue weighted by molar-refractivity contribution is -0.141. The van der Waals surface area contributed by atoms with Gasteiger partial charge in [-0.2, -0.15) is 0 Å². The van der Waals surface area contributed by atoms with Gasteiger partial charge < -0.3 is 19.7 Å². The van der Waals surface area contributed by atoms with Crippen LogP contribution in [0.1, 0.15) is 52.0 Å². The van der Waals surface area contributed by atoms with Crippen LogP contribution in [0.25, 0.3) is 0 Å². The van der Waals surface area contributed by atoms with Crippen molar-refractivity contribution in [1.82, 2.24) is 10.2 Å². The predicted octanol–water partition coefficient (Wildman–Crippen LogP) is 4.72. The molecule has 0 saturated heterocycles. The minimum Gasteiger partial charge on any atom is -0.497 e. The number of carbonyl (C=O) groups excluding carboxylic acids is 2. The van der Waals surface area contributed by atoms with E-state index in [-0.39, 0.29) is 36.6 Å². The fourth-order valence-electron chi connectivity index (χ4n) is 3.38. The molecule has 0 aromatic heterocycles. The van der Waals surface area contributed by atoms with Gasteiger partial charge in [0.05, 0.1) is 13.7 Å². The predicted molar refractivity (Wildman–Crippen MR) is 127 cm³/mol. The first-order valence-electron chi connectivity index (χ1n) is 11.5. The molecule has 2 rings (SSSR count). The number of hydrogen-bond acceptors (Lipinski definition) is 4. The van der Waals surface area contributed by atoms with Crippen molar-refractivity contribution >= 4 is 11.8 Å². The maximum absolute atomic E-state index is 13.3. The zero-order valence-corrected chi connectivity index (χ0v) is 20.0. The van der Waals surface area contributed by atoms with Crippen LogP contribution in [-0.2, 0) is 16.1 Å². The number of benzene rings is 2. The topological polar surface area (TPSA) is 67.9 Å². The molecule has 0 spiro atoms. The molecule has 2 atom stereocenters. The zero-order chi connectivity index (χ0) is 24.2. The maximum Gasteiger partial charge on any atom is 0.243 e. The Morgan fingerprint density at radius 3 is 2.21 bits per heavy atom. The summed E-state index contributed by atoms with van der Waals surface area (Å²) in [5.41, 5.74) is 0.772. The fourth-order valence-corrected chi connectivity index (χ4v) is 3.38. The number of nitrogens with one attached hydrogen (secondary N) is 1. The van der Waals surface area contributed by atoms with Crippen molar-refractivity contribution in [1.29, 1.82) is 0 Å². The maximum atomic E-state index is 13.3. The number of rotatable bonds is 13. The van der Waals surface area contributed by atoms with Gasteiger partial charge in [0.25, 0.3) is 0 Å². The Kier molecular flexibility index (Phi) is 10.7. The molecule has 0 saturated carbocycles. The summed E-state index contributed by atoms with van der Waals surface area (Å²) in [5.74, 6) is 0.801. The van der Waals surface area contributed by atoms with Crippen molar-refractivity contribution in [3.63, 3.8) is 0 Å². The van der Waals surface area contributed by atoms with E-state index in [4.69, 9.17) is 9.47 Å². The molecule has 0 bridgehead atoms. The van der Waals surface area contributed by atoms with Crippen molar-refractivity contribution in [2.45, 2.75) is 65.1 Å². The molecule has 2 aromatic rings. The zero-order valence-electron chi connectivity index (χ0n) is 20.0. The van der Waals surface area contributed by atoms with Crippen LogP contribution in [0, 0.1) is 5.82 Å². The molecular formula is C26H35FN2O4. The van der Waals surface area contributed by atoms with E-state index in [0.29, 0.717) is 25.2 Å². The minimum atomic E-state index is -0.598. The van der Waals surface area contributed by atoms with Crippen molar-refractivity contribution in [2.24, 2.45) is 0 Å². The van der Waals surface area contributed by atoms with Crippen LogP contribution in [0.2, 0.25) is 0 Å². The molecule has 180 valence electrons. The van der Waals surface area contributed by atoms with Crippen molar-refractivity contribution < 1.29 is 23.5 Å². The van der Waals surface area contributed by atoms with Crippen LogP contribution in [0.5, 0.6) is 11.5 Å². The second-order valence-corrected chi connectivity index (χ2v) is 8.02. The van der Waals surface area contributed by atoms with Crippen LogP contribution < -0.4 is 14.8 Å². The average molecular weight is 459 g/mol. The standard InChI is InChI=1S/C26H35FN2O4/c1-5-19(3)28-26(31)24(6-2)29(18-20-9-11-21(27)12-10-20)25(30)8-7-17-33-23-15-13-22(32-4)14-16-23/h9-16,19,24H,5-8,17-18H2,1-4H3,(H,28,31)/t19-,24-/m1/s1. The number of nitrogens with zero attached hydrogens (tertiary/aromatic N) is 1. The molecule has 2 aromatic carbocycles. The Bertz CT molecular complexity index is 871. The molecule has 0 aliphatic carbocycles. The highest BCUT2D eigenvalue weighted by molar-refractivity contribution is 5.87. The lowest BCUT2D eigenvalue weighted by Crippen LogP contribution is -2.50. The summed E-state index contributed by atoms with van der Waals surface area (Å²) in [6.07, 6.45) is 2.03. The fraction of sp³-hybridized carbons (Fsp3) is 0.462. The summed E-state index contributed by atoms with van der Waals surface area (Å²) in [4.78, 5) is 27.7. The van der Waals surface area contributed by atoms with Gasteiger partial charge in [-0.3, -0.25) is 9.59 Å². The first-order valence-corrected chi connectivity index (χ1v) is 11.5. The van der Waals surface area contributed by atoms with Gasteiger partial charge in [-0.25, -0.2) is 4.39 Å². The molecule has 33 heavy (non-hydrogen) atoms. The molecule has 0 aliphatic heterocycles. The Labute approximate surface area is 196 Å². The van der Waals surface area contributed by atoms with E-state index >= 15 is 0 Å². The molecule has 0 unspecified atom stereocenters. The Balaban J connectivity index is 2.04. The number of hydrogen-bond donors (Lipinski definition) is 1. The SMILES string of the molecule is CC[C@@H](C)NC(=O)[C@@H](CC)N(Cc1ccc(F)cc1)C(=O)CCCOc1ccc(OC)cc1. The van der Waals surface area contributed by atoms with Crippen LogP contribution in [0.15, 0.2) is 48.5 Å². The second kappa shape index (κ2) is 13.5. The number of amides is 2.